The van der Waals surface area contributed by atoms with E-state index in [1.165, 1.54) is 57.8 Å². The van der Waals surface area contributed by atoms with Gasteiger partial charge in [0.2, 0.25) is 0 Å². The first-order valence-corrected chi connectivity index (χ1v) is 25.7. The summed E-state index contributed by atoms with van der Waals surface area (Å²) in [6, 6.07) is 0. The van der Waals surface area contributed by atoms with Crippen molar-refractivity contribution in [3.05, 3.63) is 0 Å². The van der Waals surface area contributed by atoms with Crippen LogP contribution in [0.3, 0.4) is 0 Å². The normalized spacial score (nSPS) is 15.2. The van der Waals surface area contributed by atoms with E-state index in [-0.39, 0.29) is 18.3 Å². The molecule has 0 aliphatic rings. The SMILES string of the molecule is CC(C)CCCCCC(CCCCC(C)C)OOP(=O)(OOC(CCCCCC(C)C)CCCCC(C)C)OOC(CCCCCC(C)C)CCCCC(C)C. The molecule has 0 saturated heterocycles. The molecular weight excluding hydrogens is 719 g/mol. The predicted octanol–water partition coefficient (Wildman–Crippen LogP) is 17.5. The van der Waals surface area contributed by atoms with Crippen LogP contribution in [0.4, 0.5) is 0 Å². The molecule has 0 radical (unpaired) electrons. The molecule has 0 aromatic heterocycles. The van der Waals surface area contributed by atoms with Gasteiger partial charge in [-0.25, -0.2) is 19.2 Å². The monoisotopic (exact) mass is 819 g/mol. The summed E-state index contributed by atoms with van der Waals surface area (Å²) in [7, 11) is -4.39. The van der Waals surface area contributed by atoms with Crippen LogP contribution in [0.5, 0.6) is 0 Å². The molecule has 0 aliphatic heterocycles. The van der Waals surface area contributed by atoms with E-state index < -0.39 is 7.82 Å². The lowest BCUT2D eigenvalue weighted by atomic mass is 10.00. The van der Waals surface area contributed by atoms with Gasteiger partial charge in [0.1, 0.15) is 0 Å². The minimum Gasteiger partial charge on any atom is -0.223 e. The third-order valence-electron chi connectivity index (χ3n) is 10.9. The summed E-state index contributed by atoms with van der Waals surface area (Å²) in [5.41, 5.74) is 0. The van der Waals surface area contributed by atoms with Gasteiger partial charge in [0.05, 0.1) is 18.3 Å². The van der Waals surface area contributed by atoms with E-state index in [1.54, 1.807) is 0 Å². The Balaban J connectivity index is 5.98. The van der Waals surface area contributed by atoms with Gasteiger partial charge in [-0.1, -0.05) is 218 Å². The zero-order valence-electron chi connectivity index (χ0n) is 39.6. The van der Waals surface area contributed by atoms with Crippen LogP contribution in [-0.2, 0) is 33.3 Å². The van der Waals surface area contributed by atoms with Crippen LogP contribution in [0.25, 0.3) is 0 Å². The average molecular weight is 819 g/mol. The maximum Gasteiger partial charge on any atom is 0.556 e. The van der Waals surface area contributed by atoms with E-state index in [1.807, 2.05) is 0 Å². The minimum atomic E-state index is -4.39. The smallest absolute Gasteiger partial charge is 0.223 e. The Morgan fingerprint density at radius 3 is 0.625 bits per heavy atom. The third kappa shape index (κ3) is 38.2. The predicted molar refractivity (Wildman–Crippen MR) is 239 cm³/mol. The molecule has 0 aliphatic carbocycles. The van der Waals surface area contributed by atoms with Gasteiger partial charge in [-0.2, -0.15) is 0 Å². The van der Waals surface area contributed by atoms with Crippen LogP contribution in [0.15, 0.2) is 0 Å². The molecule has 0 amide bonds. The maximum absolute atomic E-state index is 14.5. The molecule has 0 aromatic rings. The quantitative estimate of drug-likeness (QED) is 0.0263. The first-order chi connectivity index (χ1) is 26.6. The highest BCUT2D eigenvalue weighted by Gasteiger charge is 2.36. The molecule has 3 atom stereocenters. The van der Waals surface area contributed by atoms with Crippen LogP contribution in [-0.4, -0.2) is 18.3 Å². The highest BCUT2D eigenvalue weighted by Crippen LogP contribution is 2.52. The van der Waals surface area contributed by atoms with Crippen molar-refractivity contribution in [3.8, 4) is 0 Å². The lowest BCUT2D eigenvalue weighted by Crippen LogP contribution is -2.19. The number of rotatable bonds is 42. The molecule has 3 unspecified atom stereocenters. The molecule has 56 heavy (non-hydrogen) atoms. The molecule has 0 heterocycles. The molecule has 8 heteroatoms. The van der Waals surface area contributed by atoms with Gasteiger partial charge in [-0.3, -0.25) is 0 Å². The molecule has 0 fully saturated rings. The van der Waals surface area contributed by atoms with Crippen molar-refractivity contribution in [1.82, 2.24) is 0 Å². The highest BCUT2D eigenvalue weighted by atomic mass is 31.2. The second-order valence-corrected chi connectivity index (χ2v) is 21.3. The first-order valence-electron chi connectivity index (χ1n) is 24.3. The Morgan fingerprint density at radius 1 is 0.268 bits per heavy atom. The van der Waals surface area contributed by atoms with Gasteiger partial charge < -0.3 is 0 Å². The second-order valence-electron chi connectivity index (χ2n) is 20.0. The van der Waals surface area contributed by atoms with Crippen molar-refractivity contribution < 1.29 is 33.3 Å². The molecule has 0 rings (SSSR count). The van der Waals surface area contributed by atoms with E-state index in [9.17, 15) is 4.57 Å². The topological polar surface area (TPSA) is 72.5 Å². The summed E-state index contributed by atoms with van der Waals surface area (Å²) >= 11 is 0. The molecule has 0 bridgehead atoms. The van der Waals surface area contributed by atoms with Crippen molar-refractivity contribution in [2.45, 2.75) is 275 Å². The van der Waals surface area contributed by atoms with Crippen molar-refractivity contribution in [2.24, 2.45) is 35.5 Å². The van der Waals surface area contributed by atoms with E-state index in [0.29, 0.717) is 35.5 Å². The van der Waals surface area contributed by atoms with Crippen LogP contribution in [0.2, 0.25) is 0 Å². The van der Waals surface area contributed by atoms with Gasteiger partial charge in [0, 0.05) is 0 Å². The van der Waals surface area contributed by atoms with Gasteiger partial charge in [0.15, 0.2) is 0 Å². The van der Waals surface area contributed by atoms with E-state index in [2.05, 4.69) is 83.1 Å². The third-order valence-corrected chi connectivity index (χ3v) is 11.7. The molecule has 0 N–H and O–H groups in total. The Kier molecular flexibility index (Phi) is 36.8. The van der Waals surface area contributed by atoms with Gasteiger partial charge in [0.25, 0.3) is 0 Å². The Morgan fingerprint density at radius 2 is 0.429 bits per heavy atom. The fourth-order valence-corrected chi connectivity index (χ4v) is 7.93. The van der Waals surface area contributed by atoms with Crippen molar-refractivity contribution >= 4 is 7.82 Å². The first kappa shape index (κ1) is 56.0. The molecule has 0 aromatic carbocycles. The minimum absolute atomic E-state index is 0.206. The fourth-order valence-electron chi connectivity index (χ4n) is 7.18. The largest absolute Gasteiger partial charge is 0.556 e. The zero-order chi connectivity index (χ0) is 42.0. The van der Waals surface area contributed by atoms with Crippen LogP contribution >= 0.6 is 7.82 Å². The van der Waals surface area contributed by atoms with Crippen LogP contribution < -0.4 is 0 Å². The maximum atomic E-state index is 14.5. The molecule has 0 saturated carbocycles. The number of hydrogen-bond acceptors (Lipinski definition) is 7. The lowest BCUT2D eigenvalue weighted by molar-refractivity contribution is -0.355. The zero-order valence-corrected chi connectivity index (χ0v) is 40.5. The van der Waals surface area contributed by atoms with Crippen molar-refractivity contribution in [2.75, 3.05) is 0 Å². The summed E-state index contributed by atoms with van der Waals surface area (Å²) in [6.07, 6.45) is 28.3. The lowest BCUT2D eigenvalue weighted by Gasteiger charge is -2.24. The van der Waals surface area contributed by atoms with Crippen molar-refractivity contribution in [1.29, 1.82) is 0 Å². The molecule has 338 valence electrons. The van der Waals surface area contributed by atoms with E-state index >= 15 is 0 Å². The summed E-state index contributed by atoms with van der Waals surface area (Å²) in [4.78, 5) is 18.2. The van der Waals surface area contributed by atoms with Crippen molar-refractivity contribution in [3.63, 3.8) is 0 Å². The van der Waals surface area contributed by atoms with Crippen LogP contribution in [0.1, 0.15) is 256 Å². The van der Waals surface area contributed by atoms with E-state index in [4.69, 9.17) is 28.7 Å². The summed E-state index contributed by atoms with van der Waals surface area (Å²) in [5, 5.41) is 0. The number of hydrogen-bond donors (Lipinski definition) is 0. The summed E-state index contributed by atoms with van der Waals surface area (Å²) in [6.45, 7) is 27.3. The number of phosphoric acid groups is 1. The van der Waals surface area contributed by atoms with Gasteiger partial charge in [-0.15, -0.1) is 14.0 Å². The summed E-state index contributed by atoms with van der Waals surface area (Å²) in [5.74, 6) is 4.12. The second kappa shape index (κ2) is 36.8. The fraction of sp³-hybridized carbons (Fsp3) is 1.00. The summed E-state index contributed by atoms with van der Waals surface area (Å²) < 4.78 is 31.8. The van der Waals surface area contributed by atoms with Gasteiger partial charge in [-0.05, 0) is 74.0 Å². The molecular formula is C48H99O7P. The Labute approximate surface area is 350 Å². The Hall–Kier alpha value is -0.0100. The average Bonchev–Trinajstić information content (AvgIpc) is 3.11. The van der Waals surface area contributed by atoms with E-state index in [0.717, 1.165) is 116 Å². The Bertz CT molecular complexity index is 768. The van der Waals surface area contributed by atoms with Gasteiger partial charge >= 0.3 is 7.82 Å². The standard InChI is InChI=1S/C48H99O7P/c1-40(2)28-16-13-19-34-46(37-25-22-31-43(7)8)50-53-56(49,54-51-47(38-26-23-32-44(9)10)35-20-14-17-29-41(3)4)55-52-48(39-27-24-33-45(11)12)36-21-15-18-30-42(5)6/h40-48H,13-39H2,1-12H3. The highest BCUT2D eigenvalue weighted by molar-refractivity contribution is 7.48. The molecule has 7 nitrogen and oxygen atoms in total. The van der Waals surface area contributed by atoms with Crippen LogP contribution in [0, 0.1) is 35.5 Å². The molecule has 0 spiro atoms. The number of unbranched alkanes of at least 4 members (excludes halogenated alkanes) is 9.